The molecule has 2 aromatic rings. The molecule has 0 atom stereocenters. The van der Waals surface area contributed by atoms with E-state index in [1.165, 1.54) is 7.11 Å². The lowest BCUT2D eigenvalue weighted by molar-refractivity contribution is -0.140. The lowest BCUT2D eigenvalue weighted by Gasteiger charge is -2.07. The molecule has 0 bridgehead atoms. The number of benzene rings is 1. The molecule has 0 unspecified atom stereocenters. The monoisotopic (exact) mass is 277 g/mol. The summed E-state index contributed by atoms with van der Waals surface area (Å²) in [5, 5.41) is 0. The van der Waals surface area contributed by atoms with Gasteiger partial charge in [-0.1, -0.05) is 0 Å². The van der Waals surface area contributed by atoms with Crippen molar-refractivity contribution in [2.24, 2.45) is 5.73 Å². The van der Waals surface area contributed by atoms with Crippen molar-refractivity contribution < 1.29 is 14.3 Å². The molecule has 0 saturated carbocycles. The Balaban J connectivity index is 2.24. The first-order valence-corrected chi connectivity index (χ1v) is 6.49. The van der Waals surface area contributed by atoms with Crippen molar-refractivity contribution in [2.45, 2.75) is 25.9 Å². The van der Waals surface area contributed by atoms with Crippen molar-refractivity contribution >= 4 is 17.0 Å². The second-order valence-electron chi connectivity index (χ2n) is 4.42. The van der Waals surface area contributed by atoms with Gasteiger partial charge >= 0.3 is 5.97 Å². The molecule has 1 heterocycles. The van der Waals surface area contributed by atoms with E-state index in [9.17, 15) is 4.79 Å². The summed E-state index contributed by atoms with van der Waals surface area (Å²) in [5.74, 6) is 1.36. The van der Waals surface area contributed by atoms with Crippen LogP contribution in [0.2, 0.25) is 0 Å². The van der Waals surface area contributed by atoms with E-state index >= 15 is 0 Å². The van der Waals surface area contributed by atoms with E-state index in [0.717, 1.165) is 22.6 Å². The minimum Gasteiger partial charge on any atom is -0.497 e. The largest absolute Gasteiger partial charge is 0.497 e. The quantitative estimate of drug-likeness (QED) is 0.809. The van der Waals surface area contributed by atoms with Gasteiger partial charge in [0.05, 0.1) is 31.8 Å². The molecule has 108 valence electrons. The molecule has 1 aromatic heterocycles. The number of rotatable bonds is 6. The third-order valence-corrected chi connectivity index (χ3v) is 3.21. The van der Waals surface area contributed by atoms with Crippen LogP contribution >= 0.6 is 0 Å². The molecule has 2 N–H and O–H groups in total. The average Bonchev–Trinajstić information content (AvgIpc) is 2.84. The summed E-state index contributed by atoms with van der Waals surface area (Å²) < 4.78 is 11.9. The standard InChI is InChI=1S/C14H19N3O3/c1-19-10-5-6-12-11(8-10)16-13(9-15)17(12)7-3-4-14(18)20-2/h5-6,8H,3-4,7,9,15H2,1-2H3. The predicted octanol–water partition coefficient (Wildman–Crippen LogP) is 1.46. The molecule has 1 aromatic carbocycles. The highest BCUT2D eigenvalue weighted by Gasteiger charge is 2.11. The van der Waals surface area contributed by atoms with Crippen LogP contribution in [-0.2, 0) is 22.6 Å². The molecule has 6 nitrogen and oxygen atoms in total. The van der Waals surface area contributed by atoms with Gasteiger partial charge in [0.1, 0.15) is 11.6 Å². The molecule has 0 aliphatic carbocycles. The van der Waals surface area contributed by atoms with Crippen molar-refractivity contribution in [3.05, 3.63) is 24.0 Å². The van der Waals surface area contributed by atoms with Crippen LogP contribution < -0.4 is 10.5 Å². The van der Waals surface area contributed by atoms with Crippen LogP contribution in [0.4, 0.5) is 0 Å². The highest BCUT2D eigenvalue weighted by atomic mass is 16.5. The fourth-order valence-electron chi connectivity index (χ4n) is 2.18. The number of nitrogens with two attached hydrogens (primary N) is 1. The van der Waals surface area contributed by atoms with Gasteiger partial charge in [0.15, 0.2) is 0 Å². The number of ether oxygens (including phenoxy) is 2. The fraction of sp³-hybridized carbons (Fsp3) is 0.429. The lowest BCUT2D eigenvalue weighted by atomic mass is 10.2. The Kier molecular flexibility index (Phi) is 4.57. The maximum absolute atomic E-state index is 11.2. The van der Waals surface area contributed by atoms with E-state index < -0.39 is 0 Å². The molecule has 0 radical (unpaired) electrons. The zero-order chi connectivity index (χ0) is 14.5. The normalized spacial score (nSPS) is 10.8. The summed E-state index contributed by atoms with van der Waals surface area (Å²) in [7, 11) is 3.02. The summed E-state index contributed by atoms with van der Waals surface area (Å²) in [4.78, 5) is 15.7. The Hall–Kier alpha value is -2.08. The van der Waals surface area contributed by atoms with Gasteiger partial charge < -0.3 is 19.8 Å². The van der Waals surface area contributed by atoms with E-state index in [-0.39, 0.29) is 5.97 Å². The van der Waals surface area contributed by atoms with E-state index in [2.05, 4.69) is 9.72 Å². The predicted molar refractivity (Wildman–Crippen MR) is 75.4 cm³/mol. The van der Waals surface area contributed by atoms with Crippen molar-refractivity contribution in [3.8, 4) is 5.75 Å². The number of nitrogens with zero attached hydrogens (tertiary/aromatic N) is 2. The second kappa shape index (κ2) is 6.38. The average molecular weight is 277 g/mol. The second-order valence-corrected chi connectivity index (χ2v) is 4.42. The number of carbonyl (C=O) groups excluding carboxylic acids is 1. The number of esters is 1. The Bertz CT molecular complexity index is 607. The topological polar surface area (TPSA) is 79.4 Å². The van der Waals surface area contributed by atoms with E-state index in [1.807, 2.05) is 22.8 Å². The van der Waals surface area contributed by atoms with Crippen LogP contribution in [0.5, 0.6) is 5.75 Å². The number of fused-ring (bicyclic) bond motifs is 1. The van der Waals surface area contributed by atoms with Gasteiger partial charge in [0.25, 0.3) is 0 Å². The Labute approximate surface area is 117 Å². The number of imidazole rings is 1. The van der Waals surface area contributed by atoms with Gasteiger partial charge in [-0.05, 0) is 18.6 Å². The first-order chi connectivity index (χ1) is 9.69. The number of methoxy groups -OCH3 is 2. The Morgan fingerprint density at radius 2 is 2.20 bits per heavy atom. The molecule has 0 saturated heterocycles. The molecule has 0 spiro atoms. The van der Waals surface area contributed by atoms with Crippen LogP contribution in [0.1, 0.15) is 18.7 Å². The number of aryl methyl sites for hydroxylation is 1. The Morgan fingerprint density at radius 3 is 2.85 bits per heavy atom. The van der Waals surface area contributed by atoms with E-state index in [4.69, 9.17) is 10.5 Å². The third kappa shape index (κ3) is 2.91. The maximum Gasteiger partial charge on any atom is 0.305 e. The van der Waals surface area contributed by atoms with E-state index in [1.54, 1.807) is 7.11 Å². The molecular formula is C14H19N3O3. The van der Waals surface area contributed by atoms with Crippen LogP contribution in [0, 0.1) is 0 Å². The van der Waals surface area contributed by atoms with Crippen LogP contribution in [0.3, 0.4) is 0 Å². The first-order valence-electron chi connectivity index (χ1n) is 6.49. The molecule has 0 aliphatic rings. The van der Waals surface area contributed by atoms with Crippen molar-refractivity contribution in [1.82, 2.24) is 9.55 Å². The van der Waals surface area contributed by atoms with Crippen molar-refractivity contribution in [1.29, 1.82) is 0 Å². The van der Waals surface area contributed by atoms with Crippen LogP contribution in [0.15, 0.2) is 18.2 Å². The fourth-order valence-corrected chi connectivity index (χ4v) is 2.18. The minimum absolute atomic E-state index is 0.203. The SMILES string of the molecule is COC(=O)CCCn1c(CN)nc2cc(OC)ccc21. The summed E-state index contributed by atoms with van der Waals surface area (Å²) >= 11 is 0. The lowest BCUT2D eigenvalue weighted by Crippen LogP contribution is -2.10. The highest BCUT2D eigenvalue weighted by Crippen LogP contribution is 2.22. The number of carbonyl (C=O) groups is 1. The number of aromatic nitrogens is 2. The summed E-state index contributed by atoms with van der Waals surface area (Å²) in [6, 6.07) is 5.73. The molecule has 6 heteroatoms. The van der Waals surface area contributed by atoms with E-state index in [0.29, 0.717) is 25.9 Å². The summed E-state index contributed by atoms with van der Waals surface area (Å²) in [6.45, 7) is 1.04. The zero-order valence-corrected chi connectivity index (χ0v) is 11.8. The molecule has 0 aliphatic heterocycles. The van der Waals surface area contributed by atoms with Gasteiger partial charge in [-0.3, -0.25) is 4.79 Å². The first kappa shape index (κ1) is 14.3. The van der Waals surface area contributed by atoms with Gasteiger partial charge in [0, 0.05) is 19.0 Å². The minimum atomic E-state index is -0.203. The molecule has 0 amide bonds. The number of hydrogen-bond donors (Lipinski definition) is 1. The van der Waals surface area contributed by atoms with Gasteiger partial charge in [0.2, 0.25) is 0 Å². The summed E-state index contributed by atoms with van der Waals surface area (Å²) in [6.07, 6.45) is 1.08. The third-order valence-electron chi connectivity index (χ3n) is 3.21. The molecule has 20 heavy (non-hydrogen) atoms. The summed E-state index contributed by atoms with van der Waals surface area (Å²) in [5.41, 5.74) is 7.58. The highest BCUT2D eigenvalue weighted by molar-refractivity contribution is 5.78. The Morgan fingerprint density at radius 1 is 1.40 bits per heavy atom. The zero-order valence-electron chi connectivity index (χ0n) is 11.8. The van der Waals surface area contributed by atoms with Crippen molar-refractivity contribution in [2.75, 3.05) is 14.2 Å². The molecular weight excluding hydrogens is 258 g/mol. The van der Waals surface area contributed by atoms with Gasteiger partial charge in [-0.15, -0.1) is 0 Å². The number of hydrogen-bond acceptors (Lipinski definition) is 5. The van der Waals surface area contributed by atoms with Crippen LogP contribution in [-0.4, -0.2) is 29.7 Å². The molecule has 0 fully saturated rings. The smallest absolute Gasteiger partial charge is 0.305 e. The van der Waals surface area contributed by atoms with Crippen LogP contribution in [0.25, 0.3) is 11.0 Å². The van der Waals surface area contributed by atoms with Crippen molar-refractivity contribution in [3.63, 3.8) is 0 Å². The van der Waals surface area contributed by atoms with Gasteiger partial charge in [-0.25, -0.2) is 4.98 Å². The maximum atomic E-state index is 11.2. The molecule has 2 rings (SSSR count). The van der Waals surface area contributed by atoms with Gasteiger partial charge in [-0.2, -0.15) is 0 Å².